The number of alkyl halides is 10. The molecule has 0 heterocycles. The number of carbonyl (C=O) groups is 1. The van der Waals surface area contributed by atoms with E-state index in [1.807, 2.05) is 0 Å². The molecule has 0 aromatic rings. The van der Waals surface area contributed by atoms with E-state index in [0.29, 0.717) is 0 Å². The van der Waals surface area contributed by atoms with Crippen LogP contribution in [0.2, 0.25) is 0 Å². The number of aliphatic carboxylic acids is 1. The second kappa shape index (κ2) is 4.13. The molecule has 0 radical (unpaired) electrons. The standard InChI is InChI=1S/C5HF10NO2/c6-2(1(17)18,3(7,8)9)16(4(10,11)12)5(13,14)15/h(H,17,18)/t2-/m1/s1. The molecule has 0 bridgehead atoms. The average molecular weight is 297 g/mol. The van der Waals surface area contributed by atoms with Crippen molar-refractivity contribution in [3.8, 4) is 0 Å². The van der Waals surface area contributed by atoms with Crippen LogP contribution >= 0.6 is 0 Å². The van der Waals surface area contributed by atoms with E-state index in [9.17, 15) is 48.7 Å². The van der Waals surface area contributed by atoms with Crippen LogP contribution in [0.5, 0.6) is 0 Å². The Morgan fingerprint density at radius 2 is 1.06 bits per heavy atom. The molecule has 13 heteroatoms. The van der Waals surface area contributed by atoms with Crippen molar-refractivity contribution in [2.75, 3.05) is 0 Å². The first kappa shape index (κ1) is 16.7. The maximum atomic E-state index is 12.8. The van der Waals surface area contributed by atoms with E-state index in [1.165, 1.54) is 0 Å². The van der Waals surface area contributed by atoms with E-state index in [-0.39, 0.29) is 0 Å². The zero-order valence-electron chi connectivity index (χ0n) is 7.58. The Hall–Kier alpha value is -1.27. The molecule has 0 aromatic carbocycles. The number of rotatable bonds is 2. The molecule has 0 aliphatic carbocycles. The Balaban J connectivity index is 6.09. The third kappa shape index (κ3) is 2.76. The van der Waals surface area contributed by atoms with Gasteiger partial charge in [0.15, 0.2) is 0 Å². The van der Waals surface area contributed by atoms with Crippen LogP contribution in [0.1, 0.15) is 0 Å². The molecule has 1 atom stereocenters. The molecule has 108 valence electrons. The molecule has 0 rings (SSSR count). The quantitative estimate of drug-likeness (QED) is 0.629. The van der Waals surface area contributed by atoms with E-state index in [4.69, 9.17) is 5.11 Å². The summed E-state index contributed by atoms with van der Waals surface area (Å²) in [6.07, 6.45) is -20.9. The van der Waals surface area contributed by atoms with Crippen molar-refractivity contribution in [3.05, 3.63) is 0 Å². The van der Waals surface area contributed by atoms with Crippen molar-refractivity contribution >= 4 is 5.97 Å². The van der Waals surface area contributed by atoms with Crippen LogP contribution in [0.3, 0.4) is 0 Å². The van der Waals surface area contributed by atoms with Crippen molar-refractivity contribution < 1.29 is 53.8 Å². The van der Waals surface area contributed by atoms with Crippen LogP contribution < -0.4 is 0 Å². The largest absolute Gasteiger partial charge is 0.478 e. The highest BCUT2D eigenvalue weighted by molar-refractivity contribution is 5.78. The fourth-order valence-corrected chi connectivity index (χ4v) is 0.837. The molecule has 0 unspecified atom stereocenters. The minimum Gasteiger partial charge on any atom is -0.478 e. The van der Waals surface area contributed by atoms with Gasteiger partial charge in [0.05, 0.1) is 0 Å². The second-order valence-corrected chi connectivity index (χ2v) is 2.70. The van der Waals surface area contributed by atoms with Crippen molar-refractivity contribution in [3.63, 3.8) is 0 Å². The van der Waals surface area contributed by atoms with Crippen LogP contribution in [0.4, 0.5) is 43.9 Å². The predicted octanol–water partition coefficient (Wildman–Crippen LogP) is 2.64. The lowest BCUT2D eigenvalue weighted by atomic mass is 10.2. The van der Waals surface area contributed by atoms with Crippen molar-refractivity contribution in [2.45, 2.75) is 24.6 Å². The van der Waals surface area contributed by atoms with E-state index < -0.39 is 35.4 Å². The van der Waals surface area contributed by atoms with Crippen LogP contribution in [0.15, 0.2) is 0 Å². The highest BCUT2D eigenvalue weighted by atomic mass is 19.4. The van der Waals surface area contributed by atoms with Crippen LogP contribution in [0.25, 0.3) is 0 Å². The first-order valence-electron chi connectivity index (χ1n) is 3.49. The Bertz CT molecular complexity index is 315. The number of nitrogens with zero attached hydrogens (tertiary/aromatic N) is 1. The lowest BCUT2D eigenvalue weighted by Gasteiger charge is -2.36. The maximum Gasteiger partial charge on any atom is 0.470 e. The molecular formula is C5HF10NO2. The van der Waals surface area contributed by atoms with Crippen molar-refractivity contribution in [2.24, 2.45) is 0 Å². The summed E-state index contributed by atoms with van der Waals surface area (Å²) in [5, 5.41) is 7.73. The summed E-state index contributed by atoms with van der Waals surface area (Å²) in [4.78, 5) is 6.19. The SMILES string of the molecule is O=C(O)[C@@](F)(N(C(F)(F)F)C(F)(F)F)C(F)(F)F. The van der Waals surface area contributed by atoms with Gasteiger partial charge in [-0.3, -0.25) is 0 Å². The van der Waals surface area contributed by atoms with Gasteiger partial charge in [-0.15, -0.1) is 0 Å². The van der Waals surface area contributed by atoms with Gasteiger partial charge in [0, 0.05) is 0 Å². The van der Waals surface area contributed by atoms with Gasteiger partial charge in [-0.1, -0.05) is 4.90 Å². The number of carboxylic acid groups (broad SMARTS) is 1. The molecule has 0 aliphatic heterocycles. The summed E-state index contributed by atoms with van der Waals surface area (Å²) >= 11 is 0. The molecule has 0 spiro atoms. The van der Waals surface area contributed by atoms with Gasteiger partial charge in [-0.25, -0.2) is 9.18 Å². The van der Waals surface area contributed by atoms with Crippen molar-refractivity contribution in [1.82, 2.24) is 4.90 Å². The highest BCUT2D eigenvalue weighted by Gasteiger charge is 2.78. The molecule has 18 heavy (non-hydrogen) atoms. The van der Waals surface area contributed by atoms with E-state index in [1.54, 1.807) is 0 Å². The van der Waals surface area contributed by atoms with E-state index in [0.717, 1.165) is 0 Å². The Kier molecular flexibility index (Phi) is 3.84. The molecule has 0 saturated heterocycles. The Morgan fingerprint density at radius 1 is 0.778 bits per heavy atom. The zero-order valence-corrected chi connectivity index (χ0v) is 7.58. The monoisotopic (exact) mass is 297 g/mol. The third-order valence-electron chi connectivity index (χ3n) is 1.47. The Labute approximate surface area is 90.6 Å². The molecule has 1 N–H and O–H groups in total. The first-order valence-corrected chi connectivity index (χ1v) is 3.49. The minimum absolute atomic E-state index is 3.67. The first-order chi connectivity index (χ1) is 7.56. The summed E-state index contributed by atoms with van der Waals surface area (Å²) in [5.74, 6) is -10.7. The molecule has 0 saturated carbocycles. The molecule has 0 aromatic heterocycles. The molecule has 0 amide bonds. The number of halogens is 10. The fourth-order valence-electron chi connectivity index (χ4n) is 0.837. The lowest BCUT2D eigenvalue weighted by molar-refractivity contribution is -0.446. The van der Waals surface area contributed by atoms with Gasteiger partial charge in [0.1, 0.15) is 0 Å². The summed E-state index contributed by atoms with van der Waals surface area (Å²) in [7, 11) is 0. The van der Waals surface area contributed by atoms with Crippen LogP contribution in [0, 0.1) is 0 Å². The summed E-state index contributed by atoms with van der Waals surface area (Å²) < 4.78 is 119. The van der Waals surface area contributed by atoms with Crippen LogP contribution in [-0.4, -0.2) is 40.5 Å². The van der Waals surface area contributed by atoms with Gasteiger partial charge < -0.3 is 5.11 Å². The number of hydrogen-bond acceptors (Lipinski definition) is 2. The normalized spacial score (nSPS) is 17.7. The third-order valence-corrected chi connectivity index (χ3v) is 1.47. The zero-order chi connectivity index (χ0) is 15.2. The summed E-state index contributed by atoms with van der Waals surface area (Å²) in [5.41, 5.74) is 0. The highest BCUT2D eigenvalue weighted by Crippen LogP contribution is 2.48. The predicted molar refractivity (Wildman–Crippen MR) is 31.5 cm³/mol. The lowest BCUT2D eigenvalue weighted by Crippen LogP contribution is -2.69. The molecule has 3 nitrogen and oxygen atoms in total. The minimum atomic E-state index is -6.97. The van der Waals surface area contributed by atoms with Gasteiger partial charge in [-0.2, -0.15) is 39.5 Å². The number of carboxylic acids is 1. The van der Waals surface area contributed by atoms with Gasteiger partial charge in [-0.05, 0) is 0 Å². The summed E-state index contributed by atoms with van der Waals surface area (Å²) in [6.45, 7) is 0. The molecular weight excluding hydrogens is 296 g/mol. The maximum absolute atomic E-state index is 12.8. The number of hydrogen-bond donors (Lipinski definition) is 1. The van der Waals surface area contributed by atoms with Gasteiger partial charge in [0.25, 0.3) is 0 Å². The van der Waals surface area contributed by atoms with Gasteiger partial charge >= 0.3 is 30.5 Å². The average Bonchev–Trinajstić information content (AvgIpc) is 1.94. The van der Waals surface area contributed by atoms with Crippen LogP contribution in [-0.2, 0) is 4.79 Å². The van der Waals surface area contributed by atoms with E-state index in [2.05, 4.69) is 0 Å². The second-order valence-electron chi connectivity index (χ2n) is 2.70. The van der Waals surface area contributed by atoms with Crippen molar-refractivity contribution in [1.29, 1.82) is 0 Å². The van der Waals surface area contributed by atoms with E-state index >= 15 is 0 Å². The fraction of sp³-hybridized carbons (Fsp3) is 0.800. The molecule has 0 aliphatic rings. The molecule has 0 fully saturated rings. The Morgan fingerprint density at radius 3 is 1.11 bits per heavy atom. The topological polar surface area (TPSA) is 40.5 Å². The van der Waals surface area contributed by atoms with Gasteiger partial charge in [0.2, 0.25) is 0 Å². The summed E-state index contributed by atoms with van der Waals surface area (Å²) in [6, 6.07) is 0. The smallest absolute Gasteiger partial charge is 0.470 e.